The van der Waals surface area contributed by atoms with Crippen LogP contribution in [-0.2, 0) is 9.84 Å². The standard InChI is InChI=1S/C10H14O4S/c1-7(2)6-8(11)9-4-5-10(14-9)15(3,12)13/h4-5,7H,6H2,1-3H3. The van der Waals surface area contributed by atoms with Gasteiger partial charge in [-0.25, -0.2) is 8.42 Å². The Morgan fingerprint density at radius 3 is 2.40 bits per heavy atom. The third-order valence-corrected chi connectivity index (χ3v) is 2.77. The van der Waals surface area contributed by atoms with E-state index >= 15 is 0 Å². The van der Waals surface area contributed by atoms with E-state index in [-0.39, 0.29) is 22.6 Å². The van der Waals surface area contributed by atoms with Crippen LogP contribution in [0, 0.1) is 5.92 Å². The van der Waals surface area contributed by atoms with Gasteiger partial charge in [0.2, 0.25) is 14.9 Å². The summed E-state index contributed by atoms with van der Waals surface area (Å²) in [6, 6.07) is 2.71. The molecule has 5 heteroatoms. The van der Waals surface area contributed by atoms with E-state index in [9.17, 15) is 13.2 Å². The fourth-order valence-electron chi connectivity index (χ4n) is 1.14. The van der Waals surface area contributed by atoms with E-state index in [0.29, 0.717) is 6.42 Å². The molecule has 0 bridgehead atoms. The lowest BCUT2D eigenvalue weighted by Crippen LogP contribution is -2.02. The van der Waals surface area contributed by atoms with Gasteiger partial charge >= 0.3 is 0 Å². The zero-order chi connectivity index (χ0) is 11.6. The number of rotatable bonds is 4. The highest BCUT2D eigenvalue weighted by Gasteiger charge is 2.17. The van der Waals surface area contributed by atoms with Gasteiger partial charge in [0.15, 0.2) is 11.5 Å². The first-order chi connectivity index (χ1) is 6.80. The van der Waals surface area contributed by atoms with Crippen molar-refractivity contribution in [2.24, 2.45) is 5.92 Å². The normalized spacial score (nSPS) is 12.0. The van der Waals surface area contributed by atoms with Gasteiger partial charge in [-0.1, -0.05) is 13.8 Å². The Bertz CT molecular complexity index is 454. The number of hydrogen-bond acceptors (Lipinski definition) is 4. The molecule has 1 aromatic rings. The van der Waals surface area contributed by atoms with E-state index in [2.05, 4.69) is 0 Å². The van der Waals surface area contributed by atoms with Crippen LogP contribution in [0.2, 0.25) is 0 Å². The highest BCUT2D eigenvalue weighted by atomic mass is 32.2. The van der Waals surface area contributed by atoms with E-state index in [1.54, 1.807) is 0 Å². The average Bonchev–Trinajstić information content (AvgIpc) is 2.48. The summed E-state index contributed by atoms with van der Waals surface area (Å²) >= 11 is 0. The van der Waals surface area contributed by atoms with Gasteiger partial charge in [0.05, 0.1) is 0 Å². The maximum atomic E-state index is 11.5. The van der Waals surface area contributed by atoms with Crippen molar-refractivity contribution in [1.29, 1.82) is 0 Å². The summed E-state index contributed by atoms with van der Waals surface area (Å²) in [6.45, 7) is 3.83. The van der Waals surface area contributed by atoms with Crippen LogP contribution in [0.1, 0.15) is 30.8 Å². The zero-order valence-electron chi connectivity index (χ0n) is 8.98. The molecule has 0 aliphatic carbocycles. The number of sulfone groups is 1. The molecule has 0 aliphatic heterocycles. The molecular weight excluding hydrogens is 216 g/mol. The molecule has 0 radical (unpaired) electrons. The van der Waals surface area contributed by atoms with Crippen LogP contribution < -0.4 is 0 Å². The topological polar surface area (TPSA) is 64.3 Å². The maximum Gasteiger partial charge on any atom is 0.218 e. The summed E-state index contributed by atoms with van der Waals surface area (Å²) in [5, 5.41) is -0.158. The zero-order valence-corrected chi connectivity index (χ0v) is 9.80. The van der Waals surface area contributed by atoms with Gasteiger partial charge in [0, 0.05) is 12.7 Å². The van der Waals surface area contributed by atoms with Crippen LogP contribution >= 0.6 is 0 Å². The molecule has 1 heterocycles. The number of carbonyl (C=O) groups is 1. The van der Waals surface area contributed by atoms with Gasteiger partial charge in [-0.05, 0) is 18.1 Å². The molecule has 15 heavy (non-hydrogen) atoms. The SMILES string of the molecule is CC(C)CC(=O)c1ccc(S(C)(=O)=O)o1. The second kappa shape index (κ2) is 4.18. The van der Waals surface area contributed by atoms with Crippen molar-refractivity contribution < 1.29 is 17.6 Å². The summed E-state index contributed by atoms with van der Waals surface area (Å²) in [6.07, 6.45) is 1.40. The molecule has 0 amide bonds. The number of hydrogen-bond donors (Lipinski definition) is 0. The quantitative estimate of drug-likeness (QED) is 0.741. The minimum absolute atomic E-state index is 0.115. The largest absolute Gasteiger partial charge is 0.442 e. The van der Waals surface area contributed by atoms with E-state index < -0.39 is 9.84 Å². The highest BCUT2D eigenvalue weighted by molar-refractivity contribution is 7.90. The van der Waals surface area contributed by atoms with Crippen molar-refractivity contribution in [2.45, 2.75) is 25.4 Å². The second-order valence-electron chi connectivity index (χ2n) is 3.91. The lowest BCUT2D eigenvalue weighted by Gasteiger charge is -2.00. The molecule has 0 atom stereocenters. The molecule has 0 spiro atoms. The van der Waals surface area contributed by atoms with Gasteiger partial charge in [-0.3, -0.25) is 4.79 Å². The fourth-order valence-corrected chi connectivity index (χ4v) is 1.70. The van der Waals surface area contributed by atoms with E-state index in [4.69, 9.17) is 4.42 Å². The summed E-state index contributed by atoms with van der Waals surface area (Å²) in [4.78, 5) is 11.5. The Morgan fingerprint density at radius 2 is 2.00 bits per heavy atom. The molecule has 0 unspecified atom stereocenters. The van der Waals surface area contributed by atoms with E-state index in [1.165, 1.54) is 12.1 Å². The first-order valence-electron chi connectivity index (χ1n) is 4.64. The van der Waals surface area contributed by atoms with Crippen molar-refractivity contribution in [2.75, 3.05) is 6.26 Å². The van der Waals surface area contributed by atoms with Crippen LogP contribution in [-0.4, -0.2) is 20.5 Å². The Morgan fingerprint density at radius 1 is 1.40 bits per heavy atom. The van der Waals surface area contributed by atoms with Crippen LogP contribution in [0.15, 0.2) is 21.6 Å². The summed E-state index contributed by atoms with van der Waals surface area (Å²) in [5.41, 5.74) is 0. The van der Waals surface area contributed by atoms with Gasteiger partial charge in [0.25, 0.3) is 0 Å². The fraction of sp³-hybridized carbons (Fsp3) is 0.500. The molecular formula is C10H14O4S. The molecule has 0 aliphatic rings. The van der Waals surface area contributed by atoms with E-state index in [1.807, 2.05) is 13.8 Å². The van der Waals surface area contributed by atoms with Crippen LogP contribution in [0.25, 0.3) is 0 Å². The van der Waals surface area contributed by atoms with Crippen LogP contribution in [0.4, 0.5) is 0 Å². The predicted octanol–water partition coefficient (Wildman–Crippen LogP) is 1.91. The smallest absolute Gasteiger partial charge is 0.218 e. The third kappa shape index (κ3) is 3.20. The van der Waals surface area contributed by atoms with Gasteiger partial charge < -0.3 is 4.42 Å². The van der Waals surface area contributed by atoms with Gasteiger partial charge in [0.1, 0.15) is 0 Å². The average molecular weight is 230 g/mol. The summed E-state index contributed by atoms with van der Waals surface area (Å²) in [7, 11) is -3.36. The van der Waals surface area contributed by atoms with E-state index in [0.717, 1.165) is 6.26 Å². The molecule has 4 nitrogen and oxygen atoms in total. The molecule has 0 fully saturated rings. The van der Waals surface area contributed by atoms with Crippen molar-refractivity contribution in [3.05, 3.63) is 17.9 Å². The van der Waals surface area contributed by atoms with Crippen LogP contribution in [0.5, 0.6) is 0 Å². The summed E-state index contributed by atoms with van der Waals surface area (Å²) < 4.78 is 27.1. The number of Topliss-reactive ketones (excluding diaryl/α,β-unsaturated/α-hetero) is 1. The second-order valence-corrected chi connectivity index (χ2v) is 5.86. The Hall–Kier alpha value is -1.10. The molecule has 1 aromatic heterocycles. The lowest BCUT2D eigenvalue weighted by atomic mass is 10.1. The Balaban J connectivity index is 2.90. The third-order valence-electron chi connectivity index (χ3n) is 1.82. The number of ketones is 1. The Kier molecular flexibility index (Phi) is 3.34. The van der Waals surface area contributed by atoms with Crippen molar-refractivity contribution in [3.8, 4) is 0 Å². The molecule has 1 rings (SSSR count). The lowest BCUT2D eigenvalue weighted by molar-refractivity contribution is 0.0935. The monoisotopic (exact) mass is 230 g/mol. The van der Waals surface area contributed by atoms with Crippen molar-refractivity contribution >= 4 is 15.6 Å². The Labute approximate surface area is 89.2 Å². The van der Waals surface area contributed by atoms with Crippen molar-refractivity contribution in [1.82, 2.24) is 0 Å². The number of furan rings is 1. The summed E-state index contributed by atoms with van der Waals surface area (Å²) in [5.74, 6) is 0.174. The minimum atomic E-state index is -3.36. The predicted molar refractivity (Wildman–Crippen MR) is 55.6 cm³/mol. The number of carbonyl (C=O) groups excluding carboxylic acids is 1. The minimum Gasteiger partial charge on any atom is -0.442 e. The molecule has 0 N–H and O–H groups in total. The highest BCUT2D eigenvalue weighted by Crippen LogP contribution is 2.16. The molecule has 0 aromatic carbocycles. The van der Waals surface area contributed by atoms with Crippen LogP contribution in [0.3, 0.4) is 0 Å². The van der Waals surface area contributed by atoms with Gasteiger partial charge in [-0.2, -0.15) is 0 Å². The first kappa shape index (κ1) is 12.0. The molecule has 0 saturated carbocycles. The molecule has 84 valence electrons. The first-order valence-corrected chi connectivity index (χ1v) is 6.53. The van der Waals surface area contributed by atoms with Gasteiger partial charge in [-0.15, -0.1) is 0 Å². The molecule has 0 saturated heterocycles. The maximum absolute atomic E-state index is 11.5. The van der Waals surface area contributed by atoms with Crippen molar-refractivity contribution in [3.63, 3.8) is 0 Å².